The van der Waals surface area contributed by atoms with Gasteiger partial charge in [-0.1, -0.05) is 41.1 Å². The Morgan fingerprint density at radius 3 is 2.70 bits per heavy atom. The number of thioether (sulfide) groups is 1. The van der Waals surface area contributed by atoms with Crippen LogP contribution in [0.3, 0.4) is 0 Å². The summed E-state index contributed by atoms with van der Waals surface area (Å²) < 4.78 is 13.2. The Hall–Kier alpha value is -2.68. The molecule has 33 heavy (non-hydrogen) atoms. The fraction of sp³-hybridized carbons (Fsp3) is 0.333. The molecule has 0 amide bonds. The lowest BCUT2D eigenvalue weighted by Gasteiger charge is -2.13. The fourth-order valence-corrected chi connectivity index (χ4v) is 4.30. The quantitative estimate of drug-likeness (QED) is 0.176. The first-order valence-electron chi connectivity index (χ1n) is 10.7. The number of benzene rings is 2. The molecule has 0 atom stereocenters. The Bertz CT molecular complexity index is 1300. The number of halogens is 1. The molecule has 2 aromatic heterocycles. The predicted octanol–water partition coefficient (Wildman–Crippen LogP) is 5.52. The second-order valence-corrected chi connectivity index (χ2v) is 9.32. The molecule has 0 unspecified atom stereocenters. The van der Waals surface area contributed by atoms with Gasteiger partial charge in [0.1, 0.15) is 0 Å². The monoisotopic (exact) mass is 484 g/mol. The Labute approximate surface area is 201 Å². The largest absolute Gasteiger partial charge is 0.420 e. The van der Waals surface area contributed by atoms with Gasteiger partial charge in [-0.3, -0.25) is 9.36 Å². The summed E-state index contributed by atoms with van der Waals surface area (Å²) >= 11 is 7.52. The zero-order valence-corrected chi connectivity index (χ0v) is 20.3. The average molecular weight is 485 g/mol. The number of rotatable bonds is 9. The van der Waals surface area contributed by atoms with Gasteiger partial charge in [0.05, 0.1) is 22.8 Å². The van der Waals surface area contributed by atoms with Crippen LogP contribution in [0.25, 0.3) is 22.4 Å². The normalized spacial score (nSPS) is 11.5. The number of hydrogen-bond donors (Lipinski definition) is 0. The predicted molar refractivity (Wildman–Crippen MR) is 131 cm³/mol. The molecule has 172 valence electrons. The van der Waals surface area contributed by atoms with E-state index < -0.39 is 0 Å². The third-order valence-corrected chi connectivity index (χ3v) is 6.15. The number of hydrogen-bond acceptors (Lipinski definition) is 7. The van der Waals surface area contributed by atoms with Gasteiger partial charge in [-0.2, -0.15) is 0 Å². The third kappa shape index (κ3) is 5.82. The van der Waals surface area contributed by atoms with Crippen LogP contribution in [-0.2, 0) is 17.0 Å². The zero-order chi connectivity index (χ0) is 23.4. The molecule has 0 spiro atoms. The first kappa shape index (κ1) is 23.5. The SMILES string of the molecule is Cc1ccc(-c2nnc(CSc3nc4cc(Cl)ccc4c(=O)n3CCCOC(C)C)o2)cc1. The van der Waals surface area contributed by atoms with Crippen LogP contribution in [0.4, 0.5) is 0 Å². The van der Waals surface area contributed by atoms with Crippen molar-refractivity contribution in [2.24, 2.45) is 0 Å². The van der Waals surface area contributed by atoms with Gasteiger partial charge in [0.2, 0.25) is 11.8 Å². The highest BCUT2D eigenvalue weighted by atomic mass is 35.5. The minimum Gasteiger partial charge on any atom is -0.420 e. The molecule has 0 saturated heterocycles. The lowest BCUT2D eigenvalue weighted by atomic mass is 10.1. The summed E-state index contributed by atoms with van der Waals surface area (Å²) in [5.74, 6) is 1.32. The minimum absolute atomic E-state index is 0.102. The lowest BCUT2D eigenvalue weighted by molar-refractivity contribution is 0.0743. The number of nitrogens with zero attached hydrogens (tertiary/aromatic N) is 4. The topological polar surface area (TPSA) is 83.0 Å². The maximum absolute atomic E-state index is 13.2. The van der Waals surface area contributed by atoms with Crippen molar-refractivity contribution < 1.29 is 9.15 Å². The first-order chi connectivity index (χ1) is 15.9. The molecule has 0 aliphatic heterocycles. The Balaban J connectivity index is 1.57. The van der Waals surface area contributed by atoms with Gasteiger partial charge in [0.15, 0.2) is 5.16 Å². The molecule has 0 N–H and O–H groups in total. The van der Waals surface area contributed by atoms with Crippen LogP contribution in [0, 0.1) is 6.92 Å². The smallest absolute Gasteiger partial charge is 0.262 e. The van der Waals surface area contributed by atoms with E-state index in [9.17, 15) is 4.79 Å². The van der Waals surface area contributed by atoms with Crippen molar-refractivity contribution in [1.29, 1.82) is 0 Å². The summed E-state index contributed by atoms with van der Waals surface area (Å²) in [6.07, 6.45) is 0.845. The van der Waals surface area contributed by atoms with Crippen LogP contribution in [0.1, 0.15) is 31.7 Å². The first-order valence-corrected chi connectivity index (χ1v) is 12.1. The minimum atomic E-state index is -0.102. The average Bonchev–Trinajstić information content (AvgIpc) is 3.25. The van der Waals surface area contributed by atoms with Crippen LogP contribution in [0.5, 0.6) is 0 Å². The maximum Gasteiger partial charge on any atom is 0.262 e. The molecular formula is C24H25ClN4O3S. The van der Waals surface area contributed by atoms with Gasteiger partial charge in [-0.05, 0) is 57.5 Å². The van der Waals surface area contributed by atoms with Gasteiger partial charge in [0.25, 0.3) is 5.56 Å². The number of fused-ring (bicyclic) bond motifs is 1. The van der Waals surface area contributed by atoms with E-state index in [-0.39, 0.29) is 11.7 Å². The van der Waals surface area contributed by atoms with Crippen molar-refractivity contribution >= 4 is 34.3 Å². The highest BCUT2D eigenvalue weighted by Crippen LogP contribution is 2.25. The molecule has 2 aromatic carbocycles. The van der Waals surface area contributed by atoms with E-state index in [2.05, 4.69) is 10.2 Å². The Morgan fingerprint density at radius 1 is 1.15 bits per heavy atom. The van der Waals surface area contributed by atoms with Crippen molar-refractivity contribution in [3.05, 3.63) is 69.3 Å². The number of aryl methyl sites for hydroxylation is 1. The van der Waals surface area contributed by atoms with E-state index in [1.807, 2.05) is 45.0 Å². The standard InChI is InChI=1S/C24H25ClN4O3S/c1-15(2)31-12-4-11-29-23(30)19-10-9-18(25)13-20(19)26-24(29)33-14-21-27-28-22(32-21)17-7-5-16(3)6-8-17/h5-10,13,15H,4,11-12,14H2,1-3H3. The molecule has 0 saturated carbocycles. The summed E-state index contributed by atoms with van der Waals surface area (Å²) in [4.78, 5) is 17.9. The summed E-state index contributed by atoms with van der Waals surface area (Å²) in [6.45, 7) is 7.07. The molecule has 0 aliphatic carbocycles. The highest BCUT2D eigenvalue weighted by Gasteiger charge is 2.15. The molecule has 0 aliphatic rings. The molecule has 0 radical (unpaired) electrons. The lowest BCUT2D eigenvalue weighted by Crippen LogP contribution is -2.24. The number of aromatic nitrogens is 4. The summed E-state index contributed by atoms with van der Waals surface area (Å²) in [6, 6.07) is 13.0. The van der Waals surface area contributed by atoms with Crippen LogP contribution in [-0.4, -0.2) is 32.5 Å². The van der Waals surface area contributed by atoms with Gasteiger partial charge >= 0.3 is 0 Å². The van der Waals surface area contributed by atoms with Crippen LogP contribution in [0.2, 0.25) is 5.02 Å². The van der Waals surface area contributed by atoms with Crippen LogP contribution in [0.15, 0.2) is 56.8 Å². The molecular weight excluding hydrogens is 460 g/mol. The zero-order valence-electron chi connectivity index (χ0n) is 18.7. The summed E-state index contributed by atoms with van der Waals surface area (Å²) in [5.41, 5.74) is 2.49. The molecule has 2 heterocycles. The highest BCUT2D eigenvalue weighted by molar-refractivity contribution is 7.98. The maximum atomic E-state index is 13.2. The van der Waals surface area contributed by atoms with Crippen molar-refractivity contribution in [3.8, 4) is 11.5 Å². The van der Waals surface area contributed by atoms with Crippen molar-refractivity contribution in [2.75, 3.05) is 6.61 Å². The van der Waals surface area contributed by atoms with E-state index in [1.165, 1.54) is 11.8 Å². The fourth-order valence-electron chi connectivity index (χ4n) is 3.27. The van der Waals surface area contributed by atoms with Gasteiger partial charge in [0, 0.05) is 23.7 Å². The van der Waals surface area contributed by atoms with Crippen LogP contribution >= 0.6 is 23.4 Å². The molecule has 0 fully saturated rings. The molecule has 4 aromatic rings. The van der Waals surface area contributed by atoms with E-state index in [0.29, 0.717) is 58.2 Å². The Morgan fingerprint density at radius 2 is 1.94 bits per heavy atom. The van der Waals surface area contributed by atoms with Gasteiger partial charge in [-0.25, -0.2) is 4.98 Å². The van der Waals surface area contributed by atoms with Gasteiger partial charge < -0.3 is 9.15 Å². The van der Waals surface area contributed by atoms with Gasteiger partial charge in [-0.15, -0.1) is 10.2 Å². The van der Waals surface area contributed by atoms with Crippen molar-refractivity contribution in [1.82, 2.24) is 19.7 Å². The van der Waals surface area contributed by atoms with Crippen molar-refractivity contribution in [3.63, 3.8) is 0 Å². The third-order valence-electron chi connectivity index (χ3n) is 4.95. The van der Waals surface area contributed by atoms with Crippen molar-refractivity contribution in [2.45, 2.75) is 50.8 Å². The number of ether oxygens (including phenoxy) is 1. The summed E-state index contributed by atoms with van der Waals surface area (Å²) in [7, 11) is 0. The molecule has 0 bridgehead atoms. The van der Waals surface area contributed by atoms with E-state index in [0.717, 1.165) is 11.1 Å². The molecule has 7 nitrogen and oxygen atoms in total. The van der Waals surface area contributed by atoms with E-state index >= 15 is 0 Å². The Kier molecular flexibility index (Phi) is 7.47. The van der Waals surface area contributed by atoms with E-state index in [4.69, 9.17) is 25.7 Å². The van der Waals surface area contributed by atoms with E-state index in [1.54, 1.807) is 22.8 Å². The second-order valence-electron chi connectivity index (χ2n) is 7.94. The summed E-state index contributed by atoms with van der Waals surface area (Å²) in [5, 5.41) is 9.96. The molecule has 9 heteroatoms. The molecule has 4 rings (SSSR count). The van der Waals surface area contributed by atoms with Crippen LogP contribution < -0.4 is 5.56 Å². The second kappa shape index (κ2) is 10.5.